The minimum absolute atomic E-state index is 0.0523. The van der Waals surface area contributed by atoms with E-state index in [1.54, 1.807) is 24.0 Å². The van der Waals surface area contributed by atoms with Gasteiger partial charge in [0.25, 0.3) is 0 Å². The molecular weight excluding hydrogens is 280 g/mol. The van der Waals surface area contributed by atoms with Crippen molar-refractivity contribution in [2.24, 2.45) is 7.05 Å². The van der Waals surface area contributed by atoms with E-state index in [1.807, 2.05) is 31.2 Å². The molecule has 0 spiro atoms. The summed E-state index contributed by atoms with van der Waals surface area (Å²) in [5, 5.41) is 9.25. The lowest BCUT2D eigenvalue weighted by atomic mass is 10.1. The number of carbonyl (C=O) groups is 2. The Labute approximate surface area is 129 Å². The molecular formula is C16H20N4O2. The van der Waals surface area contributed by atoms with Gasteiger partial charge in [0.15, 0.2) is 5.82 Å². The molecule has 2 aromatic rings. The van der Waals surface area contributed by atoms with Crippen LogP contribution in [0.15, 0.2) is 36.5 Å². The van der Waals surface area contributed by atoms with Crippen molar-refractivity contribution >= 4 is 17.6 Å². The van der Waals surface area contributed by atoms with E-state index in [1.165, 1.54) is 5.56 Å². The van der Waals surface area contributed by atoms with Crippen LogP contribution in [0.1, 0.15) is 17.5 Å². The molecule has 0 atom stereocenters. The molecule has 22 heavy (non-hydrogen) atoms. The van der Waals surface area contributed by atoms with Gasteiger partial charge >= 0.3 is 0 Å². The Morgan fingerprint density at radius 1 is 1.14 bits per heavy atom. The van der Waals surface area contributed by atoms with Crippen LogP contribution < -0.4 is 10.6 Å². The van der Waals surface area contributed by atoms with Crippen LogP contribution in [0.25, 0.3) is 0 Å². The van der Waals surface area contributed by atoms with Crippen LogP contribution in [0, 0.1) is 6.92 Å². The SMILES string of the molecule is Cc1ccc(CCC(=O)NCC(=O)Nc2ccn(C)n2)cc1. The van der Waals surface area contributed by atoms with E-state index >= 15 is 0 Å². The molecule has 0 saturated carbocycles. The van der Waals surface area contributed by atoms with Crippen LogP contribution in [0.5, 0.6) is 0 Å². The number of anilines is 1. The third kappa shape index (κ3) is 5.05. The van der Waals surface area contributed by atoms with Gasteiger partial charge in [-0.25, -0.2) is 0 Å². The molecule has 0 radical (unpaired) electrons. The van der Waals surface area contributed by atoms with E-state index in [4.69, 9.17) is 0 Å². The van der Waals surface area contributed by atoms with Crippen molar-refractivity contribution in [3.05, 3.63) is 47.7 Å². The van der Waals surface area contributed by atoms with Crippen molar-refractivity contribution in [1.82, 2.24) is 15.1 Å². The second-order valence-electron chi connectivity index (χ2n) is 5.19. The molecule has 6 nitrogen and oxygen atoms in total. The number of rotatable bonds is 6. The number of benzene rings is 1. The number of hydrogen-bond donors (Lipinski definition) is 2. The first-order chi connectivity index (χ1) is 10.5. The highest BCUT2D eigenvalue weighted by Crippen LogP contribution is 2.05. The van der Waals surface area contributed by atoms with Crippen molar-refractivity contribution in [3.8, 4) is 0 Å². The molecule has 2 rings (SSSR count). The maximum atomic E-state index is 11.7. The Balaban J connectivity index is 1.68. The third-order valence-electron chi connectivity index (χ3n) is 3.19. The van der Waals surface area contributed by atoms with Gasteiger partial charge in [0.2, 0.25) is 11.8 Å². The second-order valence-corrected chi connectivity index (χ2v) is 5.19. The summed E-state index contributed by atoms with van der Waals surface area (Å²) in [5.74, 6) is 0.0422. The molecule has 0 saturated heterocycles. The fourth-order valence-corrected chi connectivity index (χ4v) is 1.95. The molecule has 0 bridgehead atoms. The zero-order valence-electron chi connectivity index (χ0n) is 12.8. The van der Waals surface area contributed by atoms with E-state index in [9.17, 15) is 9.59 Å². The molecule has 0 fully saturated rings. The van der Waals surface area contributed by atoms with E-state index in [0.29, 0.717) is 18.7 Å². The van der Waals surface area contributed by atoms with Gasteiger partial charge in [-0.2, -0.15) is 5.10 Å². The first-order valence-corrected chi connectivity index (χ1v) is 7.14. The van der Waals surface area contributed by atoms with Gasteiger partial charge in [-0.15, -0.1) is 0 Å². The lowest BCUT2D eigenvalue weighted by Gasteiger charge is -2.05. The largest absolute Gasteiger partial charge is 0.347 e. The van der Waals surface area contributed by atoms with Gasteiger partial charge < -0.3 is 10.6 Å². The fraction of sp³-hybridized carbons (Fsp3) is 0.312. The van der Waals surface area contributed by atoms with E-state index < -0.39 is 0 Å². The molecule has 6 heteroatoms. The van der Waals surface area contributed by atoms with Gasteiger partial charge in [-0.1, -0.05) is 29.8 Å². The molecule has 116 valence electrons. The first kappa shape index (κ1) is 15.8. The van der Waals surface area contributed by atoms with Gasteiger partial charge in [0, 0.05) is 25.7 Å². The highest BCUT2D eigenvalue weighted by atomic mass is 16.2. The lowest BCUT2D eigenvalue weighted by Crippen LogP contribution is -2.33. The van der Waals surface area contributed by atoms with Crippen LogP contribution >= 0.6 is 0 Å². The Kier molecular flexibility index (Phi) is 5.30. The highest BCUT2D eigenvalue weighted by molar-refractivity contribution is 5.93. The maximum absolute atomic E-state index is 11.7. The molecule has 2 amide bonds. The first-order valence-electron chi connectivity index (χ1n) is 7.14. The Bertz CT molecular complexity index is 646. The van der Waals surface area contributed by atoms with Crippen molar-refractivity contribution in [3.63, 3.8) is 0 Å². The topological polar surface area (TPSA) is 76.0 Å². The van der Waals surface area contributed by atoms with E-state index in [2.05, 4.69) is 15.7 Å². The maximum Gasteiger partial charge on any atom is 0.244 e. The van der Waals surface area contributed by atoms with Crippen molar-refractivity contribution in [2.75, 3.05) is 11.9 Å². The molecule has 1 aromatic carbocycles. The summed E-state index contributed by atoms with van der Waals surface area (Å²) in [4.78, 5) is 23.4. The summed E-state index contributed by atoms with van der Waals surface area (Å²) in [6, 6.07) is 9.75. The Morgan fingerprint density at radius 3 is 2.50 bits per heavy atom. The number of nitrogens with one attached hydrogen (secondary N) is 2. The average molecular weight is 300 g/mol. The zero-order valence-corrected chi connectivity index (χ0v) is 12.8. The van der Waals surface area contributed by atoms with Crippen molar-refractivity contribution in [2.45, 2.75) is 19.8 Å². The monoisotopic (exact) mass is 300 g/mol. The third-order valence-corrected chi connectivity index (χ3v) is 3.19. The number of carbonyl (C=O) groups excluding carboxylic acids is 2. The molecule has 0 aliphatic carbocycles. The van der Waals surface area contributed by atoms with E-state index in [0.717, 1.165) is 5.56 Å². The molecule has 0 unspecified atom stereocenters. The number of hydrogen-bond acceptors (Lipinski definition) is 3. The summed E-state index contributed by atoms with van der Waals surface area (Å²) in [7, 11) is 1.77. The van der Waals surface area contributed by atoms with Crippen LogP contribution in [0.2, 0.25) is 0 Å². The Morgan fingerprint density at radius 2 is 1.86 bits per heavy atom. The smallest absolute Gasteiger partial charge is 0.244 e. The molecule has 1 heterocycles. The number of amides is 2. The van der Waals surface area contributed by atoms with Gasteiger partial charge in [0.05, 0.1) is 6.54 Å². The zero-order chi connectivity index (χ0) is 15.9. The van der Waals surface area contributed by atoms with Gasteiger partial charge in [-0.05, 0) is 18.9 Å². The summed E-state index contributed by atoms with van der Waals surface area (Å²) >= 11 is 0. The fourth-order valence-electron chi connectivity index (χ4n) is 1.95. The second kappa shape index (κ2) is 7.40. The normalized spacial score (nSPS) is 10.3. The molecule has 2 N–H and O–H groups in total. The number of aromatic nitrogens is 2. The summed E-state index contributed by atoms with van der Waals surface area (Å²) in [6.45, 7) is 1.97. The van der Waals surface area contributed by atoms with E-state index in [-0.39, 0.29) is 18.4 Å². The predicted molar refractivity (Wildman–Crippen MR) is 84.3 cm³/mol. The van der Waals surface area contributed by atoms with Gasteiger partial charge in [-0.3, -0.25) is 14.3 Å². The quantitative estimate of drug-likeness (QED) is 0.847. The van der Waals surface area contributed by atoms with Gasteiger partial charge in [0.1, 0.15) is 0 Å². The molecule has 1 aromatic heterocycles. The summed E-state index contributed by atoms with van der Waals surface area (Å²) < 4.78 is 1.59. The summed E-state index contributed by atoms with van der Waals surface area (Å²) in [5.41, 5.74) is 2.30. The number of nitrogens with zero attached hydrogens (tertiary/aromatic N) is 2. The highest BCUT2D eigenvalue weighted by Gasteiger charge is 2.07. The van der Waals surface area contributed by atoms with Crippen LogP contribution in [0.3, 0.4) is 0 Å². The number of aryl methyl sites for hydroxylation is 3. The predicted octanol–water partition coefficient (Wildman–Crippen LogP) is 1.42. The van der Waals surface area contributed by atoms with Crippen LogP contribution in [-0.2, 0) is 23.1 Å². The van der Waals surface area contributed by atoms with Crippen molar-refractivity contribution < 1.29 is 9.59 Å². The lowest BCUT2D eigenvalue weighted by molar-refractivity contribution is -0.124. The van der Waals surface area contributed by atoms with Crippen molar-refractivity contribution in [1.29, 1.82) is 0 Å². The standard InChI is InChI=1S/C16H20N4O2/c1-12-3-5-13(6-4-12)7-8-15(21)17-11-16(22)18-14-9-10-20(2)19-14/h3-6,9-10H,7-8,11H2,1-2H3,(H,17,21)(H,18,19,22). The summed E-state index contributed by atoms with van der Waals surface area (Å²) in [6.07, 6.45) is 2.75. The minimum atomic E-state index is -0.289. The van der Waals surface area contributed by atoms with Crippen LogP contribution in [-0.4, -0.2) is 28.1 Å². The van der Waals surface area contributed by atoms with Crippen LogP contribution in [0.4, 0.5) is 5.82 Å². The minimum Gasteiger partial charge on any atom is -0.347 e. The Hall–Kier alpha value is -2.63. The molecule has 0 aliphatic rings. The molecule has 0 aliphatic heterocycles. The average Bonchev–Trinajstić information content (AvgIpc) is 2.89.